The Labute approximate surface area is 71.8 Å². The minimum Gasteiger partial charge on any atom is -0.495 e. The lowest BCUT2D eigenvalue weighted by Gasteiger charge is -2.01. The molecular formula is C9H12N2O. The number of rotatable bonds is 1. The lowest BCUT2D eigenvalue weighted by Crippen LogP contribution is -2.08. The molecule has 0 saturated heterocycles. The monoisotopic (exact) mass is 164 g/mol. The standard InChI is InChI=1S/C9H12N2O/c1-6-3-7-4-8(12-2)5-10-9(7)11-6/h4-6H,3H2,1-2H3,(H,10,11). The van der Waals surface area contributed by atoms with Crippen LogP contribution in [0.1, 0.15) is 12.5 Å². The molecule has 1 atom stereocenters. The Hall–Kier alpha value is -1.25. The minimum atomic E-state index is 0.500. The zero-order valence-electron chi connectivity index (χ0n) is 7.29. The summed E-state index contributed by atoms with van der Waals surface area (Å²) in [5, 5.41) is 3.28. The maximum absolute atomic E-state index is 5.08. The summed E-state index contributed by atoms with van der Waals surface area (Å²) in [6.45, 7) is 2.15. The van der Waals surface area contributed by atoms with Crippen LogP contribution in [0.4, 0.5) is 5.82 Å². The van der Waals surface area contributed by atoms with Gasteiger partial charge in [-0.05, 0) is 19.4 Å². The lowest BCUT2D eigenvalue weighted by atomic mass is 10.2. The van der Waals surface area contributed by atoms with E-state index in [2.05, 4.69) is 17.2 Å². The topological polar surface area (TPSA) is 34.1 Å². The van der Waals surface area contributed by atoms with E-state index in [1.807, 2.05) is 6.07 Å². The lowest BCUT2D eigenvalue weighted by molar-refractivity contribution is 0.412. The summed E-state index contributed by atoms with van der Waals surface area (Å²) in [5.41, 5.74) is 1.25. The average Bonchev–Trinajstić information content (AvgIpc) is 2.43. The number of anilines is 1. The van der Waals surface area contributed by atoms with Gasteiger partial charge in [0.25, 0.3) is 0 Å². The molecule has 0 saturated carbocycles. The summed E-state index contributed by atoms with van der Waals surface area (Å²) in [5.74, 6) is 1.84. The summed E-state index contributed by atoms with van der Waals surface area (Å²) in [4.78, 5) is 4.24. The number of hydrogen-bond acceptors (Lipinski definition) is 3. The van der Waals surface area contributed by atoms with Crippen molar-refractivity contribution in [3.8, 4) is 5.75 Å². The highest BCUT2D eigenvalue weighted by Gasteiger charge is 2.17. The molecule has 64 valence electrons. The predicted molar refractivity (Wildman–Crippen MR) is 47.6 cm³/mol. The molecule has 1 aromatic heterocycles. The zero-order valence-corrected chi connectivity index (χ0v) is 7.29. The number of nitrogens with one attached hydrogen (secondary N) is 1. The van der Waals surface area contributed by atoms with Crippen LogP contribution in [-0.4, -0.2) is 18.1 Å². The highest BCUT2D eigenvalue weighted by Crippen LogP contribution is 2.26. The second-order valence-corrected chi connectivity index (χ2v) is 3.13. The molecule has 0 amide bonds. The third-order valence-corrected chi connectivity index (χ3v) is 2.09. The van der Waals surface area contributed by atoms with Crippen LogP contribution >= 0.6 is 0 Å². The molecule has 0 aliphatic carbocycles. The smallest absolute Gasteiger partial charge is 0.137 e. The van der Waals surface area contributed by atoms with Crippen molar-refractivity contribution in [2.45, 2.75) is 19.4 Å². The number of hydrogen-bond donors (Lipinski definition) is 1. The van der Waals surface area contributed by atoms with Crippen LogP contribution in [0.15, 0.2) is 12.3 Å². The van der Waals surface area contributed by atoms with Gasteiger partial charge in [0.2, 0.25) is 0 Å². The molecule has 1 aromatic rings. The Kier molecular flexibility index (Phi) is 1.64. The molecule has 0 fully saturated rings. The van der Waals surface area contributed by atoms with E-state index < -0.39 is 0 Å². The van der Waals surface area contributed by atoms with Gasteiger partial charge in [-0.2, -0.15) is 0 Å². The van der Waals surface area contributed by atoms with Crippen molar-refractivity contribution in [2.24, 2.45) is 0 Å². The third kappa shape index (κ3) is 1.11. The van der Waals surface area contributed by atoms with E-state index in [9.17, 15) is 0 Å². The molecule has 12 heavy (non-hydrogen) atoms. The minimum absolute atomic E-state index is 0.500. The third-order valence-electron chi connectivity index (χ3n) is 2.09. The SMILES string of the molecule is COc1cnc2c(c1)CC(C)N2. The average molecular weight is 164 g/mol. The van der Waals surface area contributed by atoms with E-state index in [1.54, 1.807) is 13.3 Å². The van der Waals surface area contributed by atoms with E-state index in [4.69, 9.17) is 4.74 Å². The Morgan fingerprint density at radius 3 is 3.25 bits per heavy atom. The van der Waals surface area contributed by atoms with Crippen molar-refractivity contribution in [1.29, 1.82) is 0 Å². The fraction of sp³-hybridized carbons (Fsp3) is 0.444. The molecule has 0 radical (unpaired) electrons. The molecule has 2 rings (SSSR count). The van der Waals surface area contributed by atoms with Crippen molar-refractivity contribution < 1.29 is 4.74 Å². The van der Waals surface area contributed by atoms with Gasteiger partial charge in [0.15, 0.2) is 0 Å². The molecule has 3 nitrogen and oxygen atoms in total. The highest BCUT2D eigenvalue weighted by molar-refractivity contribution is 5.52. The van der Waals surface area contributed by atoms with Gasteiger partial charge in [-0.15, -0.1) is 0 Å². The van der Waals surface area contributed by atoms with Crippen molar-refractivity contribution in [1.82, 2.24) is 4.98 Å². The van der Waals surface area contributed by atoms with Crippen LogP contribution in [0.5, 0.6) is 5.75 Å². The number of aromatic nitrogens is 1. The summed E-state index contributed by atoms with van der Waals surface area (Å²) in [6.07, 6.45) is 2.78. The number of methoxy groups -OCH3 is 1. The molecule has 0 spiro atoms. The Bertz CT molecular complexity index is 299. The van der Waals surface area contributed by atoms with Crippen molar-refractivity contribution >= 4 is 5.82 Å². The van der Waals surface area contributed by atoms with Crippen molar-refractivity contribution in [3.05, 3.63) is 17.8 Å². The van der Waals surface area contributed by atoms with Crippen LogP contribution in [0, 0.1) is 0 Å². The summed E-state index contributed by atoms with van der Waals surface area (Å²) in [6, 6.07) is 2.54. The van der Waals surface area contributed by atoms with Gasteiger partial charge >= 0.3 is 0 Å². The molecule has 3 heteroatoms. The fourth-order valence-electron chi connectivity index (χ4n) is 1.50. The zero-order chi connectivity index (χ0) is 8.55. The largest absolute Gasteiger partial charge is 0.495 e. The van der Waals surface area contributed by atoms with Gasteiger partial charge in [-0.3, -0.25) is 0 Å². The maximum Gasteiger partial charge on any atom is 0.137 e. The van der Waals surface area contributed by atoms with Crippen LogP contribution in [0.2, 0.25) is 0 Å². The van der Waals surface area contributed by atoms with E-state index in [0.29, 0.717) is 6.04 Å². The quantitative estimate of drug-likeness (QED) is 0.682. The molecule has 2 heterocycles. The second kappa shape index (κ2) is 2.66. The first kappa shape index (κ1) is 7.40. The summed E-state index contributed by atoms with van der Waals surface area (Å²) < 4.78 is 5.08. The molecule has 0 bridgehead atoms. The number of pyridine rings is 1. The van der Waals surface area contributed by atoms with Gasteiger partial charge in [-0.25, -0.2) is 4.98 Å². The van der Waals surface area contributed by atoms with E-state index in [0.717, 1.165) is 18.0 Å². The maximum atomic E-state index is 5.08. The van der Waals surface area contributed by atoms with E-state index in [-0.39, 0.29) is 0 Å². The first-order valence-electron chi connectivity index (χ1n) is 4.09. The summed E-state index contributed by atoms with van der Waals surface area (Å²) >= 11 is 0. The Morgan fingerprint density at radius 2 is 2.50 bits per heavy atom. The molecule has 0 aromatic carbocycles. The van der Waals surface area contributed by atoms with E-state index in [1.165, 1.54) is 5.56 Å². The van der Waals surface area contributed by atoms with Gasteiger partial charge < -0.3 is 10.1 Å². The van der Waals surface area contributed by atoms with Crippen LogP contribution in [-0.2, 0) is 6.42 Å². The number of nitrogens with zero attached hydrogens (tertiary/aromatic N) is 1. The highest BCUT2D eigenvalue weighted by atomic mass is 16.5. The Balaban J connectivity index is 2.35. The fourth-order valence-corrected chi connectivity index (χ4v) is 1.50. The van der Waals surface area contributed by atoms with Crippen LogP contribution in [0.25, 0.3) is 0 Å². The Morgan fingerprint density at radius 1 is 1.67 bits per heavy atom. The van der Waals surface area contributed by atoms with Gasteiger partial charge in [-0.1, -0.05) is 0 Å². The molecule has 1 N–H and O–H groups in total. The van der Waals surface area contributed by atoms with Gasteiger partial charge in [0.1, 0.15) is 11.6 Å². The first-order chi connectivity index (χ1) is 5.79. The second-order valence-electron chi connectivity index (χ2n) is 3.13. The molecule has 1 unspecified atom stereocenters. The van der Waals surface area contributed by atoms with Crippen LogP contribution in [0.3, 0.4) is 0 Å². The first-order valence-corrected chi connectivity index (χ1v) is 4.09. The predicted octanol–water partition coefficient (Wildman–Crippen LogP) is 1.45. The molecular weight excluding hydrogens is 152 g/mol. The van der Waals surface area contributed by atoms with Crippen molar-refractivity contribution in [3.63, 3.8) is 0 Å². The van der Waals surface area contributed by atoms with Gasteiger partial charge in [0, 0.05) is 11.6 Å². The van der Waals surface area contributed by atoms with Crippen molar-refractivity contribution in [2.75, 3.05) is 12.4 Å². The number of ether oxygens (including phenoxy) is 1. The number of fused-ring (bicyclic) bond motifs is 1. The van der Waals surface area contributed by atoms with Crippen LogP contribution < -0.4 is 10.1 Å². The normalized spacial score (nSPS) is 20.0. The molecule has 1 aliphatic rings. The molecule has 1 aliphatic heterocycles. The van der Waals surface area contributed by atoms with E-state index >= 15 is 0 Å². The van der Waals surface area contributed by atoms with Gasteiger partial charge in [0.05, 0.1) is 13.3 Å². The summed E-state index contributed by atoms with van der Waals surface area (Å²) in [7, 11) is 1.66.